The first-order valence-corrected chi connectivity index (χ1v) is 11.1. The molecule has 0 aliphatic rings. The van der Waals surface area contributed by atoms with Gasteiger partial charge in [-0.25, -0.2) is 5.43 Å². The zero-order chi connectivity index (χ0) is 25.4. The third kappa shape index (κ3) is 7.41. The van der Waals surface area contributed by atoms with Crippen molar-refractivity contribution >= 4 is 46.9 Å². The van der Waals surface area contributed by atoms with E-state index in [9.17, 15) is 14.4 Å². The highest BCUT2D eigenvalue weighted by Gasteiger charge is 2.13. The van der Waals surface area contributed by atoms with Crippen LogP contribution >= 0.6 is 11.6 Å². The normalized spacial score (nSPS) is 10.6. The second-order valence-electron chi connectivity index (χ2n) is 7.77. The topological polar surface area (TPSA) is 109 Å². The van der Waals surface area contributed by atoms with Crippen LogP contribution in [0.2, 0.25) is 5.02 Å². The first kappa shape index (κ1) is 25.5. The van der Waals surface area contributed by atoms with Crippen molar-refractivity contribution in [2.24, 2.45) is 5.10 Å². The molecule has 3 aromatic rings. The Bertz CT molecular complexity index is 1290. The van der Waals surface area contributed by atoms with Crippen molar-refractivity contribution in [3.8, 4) is 5.75 Å². The molecule has 0 atom stereocenters. The smallest absolute Gasteiger partial charge is 0.329 e. The van der Waals surface area contributed by atoms with E-state index in [1.165, 1.54) is 6.21 Å². The fourth-order valence-electron chi connectivity index (χ4n) is 2.99. The van der Waals surface area contributed by atoms with Crippen molar-refractivity contribution in [3.63, 3.8) is 0 Å². The summed E-state index contributed by atoms with van der Waals surface area (Å²) in [5.74, 6) is -1.63. The molecule has 180 valence electrons. The van der Waals surface area contributed by atoms with Gasteiger partial charge in [-0.15, -0.1) is 0 Å². The van der Waals surface area contributed by atoms with Crippen LogP contribution in [0.3, 0.4) is 0 Å². The number of ether oxygens (including phenoxy) is 1. The standard InChI is InChI=1S/C26H25ClN4O4/c1-16-10-11-20(12-17(16)2)29-25(33)26(34)31-28-14-19-6-4-7-21(13-19)35-15-24(32)30-23-9-5-8-22(27)18(23)3/h4-14H,15H2,1-3H3,(H,29,33)(H,30,32)(H,31,34)/b28-14-. The van der Waals surface area contributed by atoms with Crippen LogP contribution in [-0.4, -0.2) is 30.5 Å². The number of nitrogens with one attached hydrogen (secondary N) is 3. The van der Waals surface area contributed by atoms with Crippen LogP contribution in [0.25, 0.3) is 0 Å². The number of rotatable bonds is 7. The summed E-state index contributed by atoms with van der Waals surface area (Å²) in [6, 6.07) is 17.4. The molecule has 3 N–H and O–H groups in total. The van der Waals surface area contributed by atoms with E-state index in [1.54, 1.807) is 54.6 Å². The highest BCUT2D eigenvalue weighted by Crippen LogP contribution is 2.23. The molecule has 3 rings (SSSR count). The summed E-state index contributed by atoms with van der Waals surface area (Å²) in [4.78, 5) is 36.3. The summed E-state index contributed by atoms with van der Waals surface area (Å²) in [5, 5.41) is 9.66. The second kappa shape index (κ2) is 11.8. The highest BCUT2D eigenvalue weighted by atomic mass is 35.5. The molecule has 0 saturated heterocycles. The Kier molecular flexibility index (Phi) is 8.58. The fraction of sp³-hybridized carbons (Fsp3) is 0.154. The monoisotopic (exact) mass is 492 g/mol. The van der Waals surface area contributed by atoms with Gasteiger partial charge in [-0.05, 0) is 79.4 Å². The van der Waals surface area contributed by atoms with E-state index in [-0.39, 0.29) is 12.5 Å². The van der Waals surface area contributed by atoms with E-state index in [4.69, 9.17) is 16.3 Å². The van der Waals surface area contributed by atoms with E-state index in [1.807, 2.05) is 26.8 Å². The summed E-state index contributed by atoms with van der Waals surface area (Å²) in [7, 11) is 0. The lowest BCUT2D eigenvalue weighted by Crippen LogP contribution is -2.32. The predicted octanol–water partition coefficient (Wildman–Crippen LogP) is 4.37. The number of hydrazone groups is 1. The molecule has 35 heavy (non-hydrogen) atoms. The number of carbonyl (C=O) groups excluding carboxylic acids is 3. The Morgan fingerprint density at radius 1 is 0.914 bits per heavy atom. The van der Waals surface area contributed by atoms with Gasteiger partial charge in [0.05, 0.1) is 6.21 Å². The number of aryl methyl sites for hydroxylation is 2. The van der Waals surface area contributed by atoms with Gasteiger partial charge in [0.1, 0.15) is 5.75 Å². The lowest BCUT2D eigenvalue weighted by atomic mass is 10.1. The predicted molar refractivity (Wildman–Crippen MR) is 137 cm³/mol. The number of nitrogens with zero attached hydrogens (tertiary/aromatic N) is 1. The summed E-state index contributed by atoms with van der Waals surface area (Å²) in [6.07, 6.45) is 1.36. The van der Waals surface area contributed by atoms with Gasteiger partial charge < -0.3 is 15.4 Å². The average Bonchev–Trinajstić information content (AvgIpc) is 2.83. The molecule has 9 heteroatoms. The van der Waals surface area contributed by atoms with Crippen molar-refractivity contribution < 1.29 is 19.1 Å². The molecule has 3 aromatic carbocycles. The summed E-state index contributed by atoms with van der Waals surface area (Å²) in [5.41, 5.74) is 6.78. The van der Waals surface area contributed by atoms with Crippen LogP contribution < -0.4 is 20.8 Å². The van der Waals surface area contributed by atoms with Crippen LogP contribution in [0.4, 0.5) is 11.4 Å². The largest absolute Gasteiger partial charge is 0.484 e. The number of hydrogen-bond acceptors (Lipinski definition) is 5. The molecule has 0 fully saturated rings. The number of amides is 3. The minimum absolute atomic E-state index is 0.206. The van der Waals surface area contributed by atoms with Gasteiger partial charge in [-0.3, -0.25) is 14.4 Å². The molecular formula is C26H25ClN4O4. The Labute approximate surface area is 208 Å². The third-order valence-electron chi connectivity index (χ3n) is 5.12. The van der Waals surface area contributed by atoms with E-state index < -0.39 is 11.8 Å². The van der Waals surface area contributed by atoms with Crippen molar-refractivity contribution in [3.05, 3.63) is 87.9 Å². The number of anilines is 2. The van der Waals surface area contributed by atoms with Gasteiger partial charge >= 0.3 is 11.8 Å². The van der Waals surface area contributed by atoms with E-state index >= 15 is 0 Å². The Hall–Kier alpha value is -4.17. The van der Waals surface area contributed by atoms with Crippen LogP contribution in [0, 0.1) is 20.8 Å². The number of hydrogen-bond donors (Lipinski definition) is 3. The molecule has 3 amide bonds. The molecule has 0 radical (unpaired) electrons. The quantitative estimate of drug-likeness (QED) is 0.258. The van der Waals surface area contributed by atoms with Crippen LogP contribution in [0.1, 0.15) is 22.3 Å². The first-order valence-electron chi connectivity index (χ1n) is 10.7. The fourth-order valence-corrected chi connectivity index (χ4v) is 3.16. The SMILES string of the molecule is Cc1ccc(NC(=O)C(=O)N/N=C\c2cccc(OCC(=O)Nc3cccc(Cl)c3C)c2)cc1C. The minimum atomic E-state index is -0.903. The molecule has 0 aliphatic heterocycles. The maximum atomic E-state index is 12.2. The van der Waals surface area contributed by atoms with Gasteiger partial charge in [-0.2, -0.15) is 5.10 Å². The average molecular weight is 493 g/mol. The van der Waals surface area contributed by atoms with Crippen molar-refractivity contribution in [2.45, 2.75) is 20.8 Å². The molecule has 0 spiro atoms. The summed E-state index contributed by atoms with van der Waals surface area (Å²) >= 11 is 6.07. The van der Waals surface area contributed by atoms with Crippen molar-refractivity contribution in [1.29, 1.82) is 0 Å². The number of carbonyl (C=O) groups is 3. The minimum Gasteiger partial charge on any atom is -0.484 e. The van der Waals surface area contributed by atoms with Crippen LogP contribution in [0.5, 0.6) is 5.75 Å². The zero-order valence-electron chi connectivity index (χ0n) is 19.5. The van der Waals surface area contributed by atoms with E-state index in [0.717, 1.165) is 16.7 Å². The molecule has 0 heterocycles. The van der Waals surface area contributed by atoms with Crippen molar-refractivity contribution in [2.75, 3.05) is 17.2 Å². The van der Waals surface area contributed by atoms with E-state index in [0.29, 0.717) is 27.7 Å². The molecule has 0 aromatic heterocycles. The number of halogens is 1. The molecule has 0 bridgehead atoms. The van der Waals surface area contributed by atoms with Gasteiger partial charge in [0.15, 0.2) is 6.61 Å². The van der Waals surface area contributed by atoms with Gasteiger partial charge in [0.25, 0.3) is 5.91 Å². The Morgan fingerprint density at radius 2 is 1.69 bits per heavy atom. The van der Waals surface area contributed by atoms with Crippen molar-refractivity contribution in [1.82, 2.24) is 5.43 Å². The maximum absolute atomic E-state index is 12.2. The Morgan fingerprint density at radius 3 is 2.46 bits per heavy atom. The molecule has 0 saturated carbocycles. The summed E-state index contributed by atoms with van der Waals surface area (Å²) < 4.78 is 5.54. The maximum Gasteiger partial charge on any atom is 0.329 e. The molecule has 8 nitrogen and oxygen atoms in total. The number of benzene rings is 3. The van der Waals surface area contributed by atoms with Gasteiger partial charge in [-0.1, -0.05) is 35.9 Å². The first-order chi connectivity index (χ1) is 16.7. The summed E-state index contributed by atoms with van der Waals surface area (Å²) in [6.45, 7) is 5.48. The molecule has 0 unspecified atom stereocenters. The van der Waals surface area contributed by atoms with Crippen LogP contribution in [0.15, 0.2) is 65.8 Å². The molecule has 0 aliphatic carbocycles. The van der Waals surface area contributed by atoms with Gasteiger partial charge in [0, 0.05) is 16.4 Å². The molecular weight excluding hydrogens is 468 g/mol. The zero-order valence-corrected chi connectivity index (χ0v) is 20.3. The van der Waals surface area contributed by atoms with E-state index in [2.05, 4.69) is 21.2 Å². The second-order valence-corrected chi connectivity index (χ2v) is 8.18. The lowest BCUT2D eigenvalue weighted by molar-refractivity contribution is -0.136. The Balaban J connectivity index is 1.50. The van der Waals surface area contributed by atoms with Gasteiger partial charge in [0.2, 0.25) is 0 Å². The van der Waals surface area contributed by atoms with Crippen LogP contribution in [-0.2, 0) is 14.4 Å². The highest BCUT2D eigenvalue weighted by molar-refractivity contribution is 6.39. The third-order valence-corrected chi connectivity index (χ3v) is 5.53. The lowest BCUT2D eigenvalue weighted by Gasteiger charge is -2.10.